The molecular formula is C23H29N7O2. The predicted octanol–water partition coefficient (Wildman–Crippen LogP) is 3.58. The Kier molecular flexibility index (Phi) is 5.65. The number of hydrogen-bond donors (Lipinski definition) is 2. The van der Waals surface area contributed by atoms with Crippen molar-refractivity contribution < 1.29 is 9.53 Å². The zero-order valence-corrected chi connectivity index (χ0v) is 18.5. The number of carbonyl (C=O) groups excluding carboxylic acids is 1. The molecule has 2 aliphatic rings. The Labute approximate surface area is 187 Å². The van der Waals surface area contributed by atoms with Crippen LogP contribution < -0.4 is 15.5 Å². The number of fused-ring (bicyclic) bond motifs is 1. The third kappa shape index (κ3) is 3.88. The summed E-state index contributed by atoms with van der Waals surface area (Å²) in [6.45, 7) is 4.24. The average Bonchev–Trinajstić information content (AvgIpc) is 3.49. The number of ether oxygens (including phenoxy) is 1. The Morgan fingerprint density at radius 1 is 1.16 bits per heavy atom. The molecule has 5 rings (SSSR count). The third-order valence-electron chi connectivity index (χ3n) is 6.38. The molecule has 3 aromatic rings. The van der Waals surface area contributed by atoms with Crippen LogP contribution in [-0.2, 0) is 4.74 Å². The fraction of sp³-hybridized carbons (Fsp3) is 0.478. The van der Waals surface area contributed by atoms with E-state index < -0.39 is 0 Å². The third-order valence-corrected chi connectivity index (χ3v) is 6.38. The van der Waals surface area contributed by atoms with Crippen molar-refractivity contribution in [3.63, 3.8) is 0 Å². The van der Waals surface area contributed by atoms with Crippen LogP contribution in [0.1, 0.15) is 38.6 Å². The number of morpholine rings is 1. The molecule has 1 aromatic carbocycles. The highest BCUT2D eigenvalue weighted by molar-refractivity contribution is 5.93. The number of nitrogens with one attached hydrogen (secondary N) is 2. The smallest absolute Gasteiger partial charge is 0.318 e. The van der Waals surface area contributed by atoms with Crippen LogP contribution in [0.3, 0.4) is 0 Å². The van der Waals surface area contributed by atoms with Gasteiger partial charge in [-0.1, -0.05) is 25.0 Å². The van der Waals surface area contributed by atoms with Gasteiger partial charge in [0.05, 0.1) is 42.6 Å². The van der Waals surface area contributed by atoms with Crippen LogP contribution in [0.2, 0.25) is 0 Å². The van der Waals surface area contributed by atoms with Crippen LogP contribution in [0.15, 0.2) is 30.5 Å². The van der Waals surface area contributed by atoms with Crippen molar-refractivity contribution >= 4 is 28.7 Å². The fourth-order valence-electron chi connectivity index (χ4n) is 4.61. The number of amides is 2. The highest BCUT2D eigenvalue weighted by Crippen LogP contribution is 2.35. The molecule has 32 heavy (non-hydrogen) atoms. The van der Waals surface area contributed by atoms with Crippen molar-refractivity contribution in [3.05, 3.63) is 30.5 Å². The van der Waals surface area contributed by atoms with Crippen molar-refractivity contribution in [2.75, 3.05) is 37.0 Å². The molecule has 1 aliphatic carbocycles. The van der Waals surface area contributed by atoms with Crippen molar-refractivity contribution in [3.8, 4) is 11.3 Å². The summed E-state index contributed by atoms with van der Waals surface area (Å²) >= 11 is 0. The highest BCUT2D eigenvalue weighted by Gasteiger charge is 2.26. The lowest BCUT2D eigenvalue weighted by molar-refractivity contribution is 0.0981. The van der Waals surface area contributed by atoms with Crippen molar-refractivity contribution in [2.45, 2.75) is 44.7 Å². The first kappa shape index (κ1) is 20.7. The molecule has 2 aromatic heterocycles. The van der Waals surface area contributed by atoms with Gasteiger partial charge in [-0.25, -0.2) is 14.5 Å². The lowest BCUT2D eigenvalue weighted by Gasteiger charge is -2.33. The molecule has 9 heteroatoms. The lowest BCUT2D eigenvalue weighted by Crippen LogP contribution is -2.44. The second kappa shape index (κ2) is 8.74. The van der Waals surface area contributed by atoms with Crippen LogP contribution in [0.4, 0.5) is 16.4 Å². The highest BCUT2D eigenvalue weighted by atomic mass is 16.5. The number of carbonyl (C=O) groups is 1. The molecule has 2 N–H and O–H groups in total. The van der Waals surface area contributed by atoms with Gasteiger partial charge < -0.3 is 20.3 Å². The Balaban J connectivity index is 1.59. The Bertz CT molecular complexity index is 1110. The number of benzene rings is 1. The number of rotatable bonds is 4. The van der Waals surface area contributed by atoms with E-state index >= 15 is 0 Å². The second-order valence-electron chi connectivity index (χ2n) is 8.54. The molecule has 1 saturated carbocycles. The number of urea groups is 1. The standard InChI is InChI=1S/C23H29N7O2/c1-15-14-32-12-11-29(15)22-27-20(16-7-9-17(10-8-16)26-23(31)24-2)19-13-25-30(21(19)28-22)18-5-3-4-6-18/h7-10,13,15,18H,3-6,11-12,14H2,1-2H3,(H2,24,26,31)/t15-/m0/s1. The van der Waals surface area contributed by atoms with E-state index in [4.69, 9.17) is 19.8 Å². The van der Waals surface area contributed by atoms with Crippen molar-refractivity contribution in [1.29, 1.82) is 0 Å². The Morgan fingerprint density at radius 2 is 1.94 bits per heavy atom. The summed E-state index contributed by atoms with van der Waals surface area (Å²) in [6, 6.07) is 8.08. The summed E-state index contributed by atoms with van der Waals surface area (Å²) in [6.07, 6.45) is 6.64. The summed E-state index contributed by atoms with van der Waals surface area (Å²) in [4.78, 5) is 23.8. The van der Waals surface area contributed by atoms with Crippen LogP contribution in [0.5, 0.6) is 0 Å². The SMILES string of the molecule is CNC(=O)Nc1ccc(-c2nc(N3CCOC[C@@H]3C)nc3c2cnn3C2CCCC2)cc1. The first-order valence-corrected chi connectivity index (χ1v) is 11.3. The van der Waals surface area contributed by atoms with E-state index in [0.29, 0.717) is 19.3 Å². The number of aromatic nitrogens is 4. The van der Waals surface area contributed by atoms with Gasteiger partial charge in [-0.2, -0.15) is 10.1 Å². The van der Waals surface area contributed by atoms with Crippen LogP contribution in [-0.4, -0.2) is 58.6 Å². The van der Waals surface area contributed by atoms with Gasteiger partial charge in [-0.05, 0) is 31.9 Å². The van der Waals surface area contributed by atoms with E-state index in [0.717, 1.165) is 53.3 Å². The molecule has 168 valence electrons. The molecule has 0 unspecified atom stereocenters. The molecule has 2 amide bonds. The average molecular weight is 436 g/mol. The Morgan fingerprint density at radius 3 is 2.66 bits per heavy atom. The van der Waals surface area contributed by atoms with Gasteiger partial charge in [0, 0.05) is 24.8 Å². The maximum atomic E-state index is 11.6. The monoisotopic (exact) mass is 435 g/mol. The number of anilines is 2. The molecule has 1 saturated heterocycles. The molecule has 3 heterocycles. The minimum atomic E-state index is -0.247. The first-order chi connectivity index (χ1) is 15.6. The molecule has 9 nitrogen and oxygen atoms in total. The van der Waals surface area contributed by atoms with Gasteiger partial charge in [0.15, 0.2) is 5.65 Å². The van der Waals surface area contributed by atoms with E-state index in [-0.39, 0.29) is 12.1 Å². The summed E-state index contributed by atoms with van der Waals surface area (Å²) in [5.41, 5.74) is 3.44. The molecular weight excluding hydrogens is 406 g/mol. The largest absolute Gasteiger partial charge is 0.377 e. The minimum Gasteiger partial charge on any atom is -0.377 e. The van der Waals surface area contributed by atoms with Gasteiger partial charge >= 0.3 is 6.03 Å². The van der Waals surface area contributed by atoms with Crippen molar-refractivity contribution in [2.24, 2.45) is 0 Å². The van der Waals surface area contributed by atoms with E-state index in [2.05, 4.69) is 27.1 Å². The summed E-state index contributed by atoms with van der Waals surface area (Å²) < 4.78 is 7.73. The molecule has 1 atom stereocenters. The number of hydrogen-bond acceptors (Lipinski definition) is 6. The van der Waals surface area contributed by atoms with E-state index in [1.165, 1.54) is 12.8 Å². The summed E-state index contributed by atoms with van der Waals surface area (Å²) in [5, 5.41) is 11.1. The maximum absolute atomic E-state index is 11.6. The quantitative estimate of drug-likeness (QED) is 0.650. The summed E-state index contributed by atoms with van der Waals surface area (Å²) in [5.74, 6) is 0.718. The zero-order valence-electron chi connectivity index (χ0n) is 18.5. The van der Waals surface area contributed by atoms with Gasteiger partial charge in [-0.3, -0.25) is 0 Å². The topological polar surface area (TPSA) is 97.2 Å². The molecule has 0 bridgehead atoms. The van der Waals surface area contributed by atoms with Crippen LogP contribution in [0, 0.1) is 0 Å². The first-order valence-electron chi connectivity index (χ1n) is 11.3. The van der Waals surface area contributed by atoms with Crippen molar-refractivity contribution in [1.82, 2.24) is 25.1 Å². The zero-order chi connectivity index (χ0) is 22.1. The fourth-order valence-corrected chi connectivity index (χ4v) is 4.61. The second-order valence-corrected chi connectivity index (χ2v) is 8.54. The molecule has 1 aliphatic heterocycles. The van der Waals surface area contributed by atoms with E-state index in [1.54, 1.807) is 7.05 Å². The van der Waals surface area contributed by atoms with E-state index in [1.807, 2.05) is 30.5 Å². The maximum Gasteiger partial charge on any atom is 0.318 e. The summed E-state index contributed by atoms with van der Waals surface area (Å²) in [7, 11) is 1.59. The number of nitrogens with zero attached hydrogens (tertiary/aromatic N) is 5. The van der Waals surface area contributed by atoms with E-state index in [9.17, 15) is 4.79 Å². The van der Waals surface area contributed by atoms with Crippen LogP contribution >= 0.6 is 0 Å². The van der Waals surface area contributed by atoms with Crippen LogP contribution in [0.25, 0.3) is 22.3 Å². The molecule has 0 radical (unpaired) electrons. The normalized spacial score (nSPS) is 19.4. The Hall–Kier alpha value is -3.20. The van der Waals surface area contributed by atoms with Gasteiger partial charge in [0.2, 0.25) is 5.95 Å². The van der Waals surface area contributed by atoms with Gasteiger partial charge in [0.25, 0.3) is 0 Å². The molecule has 2 fully saturated rings. The molecule has 0 spiro atoms. The van der Waals surface area contributed by atoms with Gasteiger partial charge in [-0.15, -0.1) is 0 Å². The van der Waals surface area contributed by atoms with Gasteiger partial charge in [0.1, 0.15) is 0 Å². The predicted molar refractivity (Wildman–Crippen MR) is 124 cm³/mol. The lowest BCUT2D eigenvalue weighted by atomic mass is 10.1. The minimum absolute atomic E-state index is 0.205.